The van der Waals surface area contributed by atoms with Crippen LogP contribution >= 0.6 is 0 Å². The van der Waals surface area contributed by atoms with Gasteiger partial charge in [-0.15, -0.1) is 0 Å². The molecule has 2 aliphatic heterocycles. The second-order valence-electron chi connectivity index (χ2n) is 7.44. The molecule has 0 aromatic rings. The fourth-order valence-corrected chi connectivity index (χ4v) is 4.17. The summed E-state index contributed by atoms with van der Waals surface area (Å²) in [7, 11) is 3.50. The van der Waals surface area contributed by atoms with Crippen LogP contribution in [0.25, 0.3) is 0 Å². The number of aliphatic carboxylic acids is 2. The Labute approximate surface area is 159 Å². The number of carbonyl (C=O) groups excluding carboxylic acids is 1. The van der Waals surface area contributed by atoms with E-state index in [1.807, 2.05) is 0 Å². The average Bonchev–Trinajstić information content (AvgIpc) is 2.83. The van der Waals surface area contributed by atoms with Crippen LogP contribution in [0.4, 0.5) is 0 Å². The minimum Gasteiger partial charge on any atom is -0.473 e. The van der Waals surface area contributed by atoms with Crippen LogP contribution < -0.4 is 0 Å². The minimum atomic E-state index is -1.82. The van der Waals surface area contributed by atoms with E-state index in [0.717, 1.165) is 39.1 Å². The van der Waals surface area contributed by atoms with Crippen molar-refractivity contribution in [2.24, 2.45) is 0 Å². The summed E-state index contributed by atoms with van der Waals surface area (Å²) in [5.74, 6) is -3.36. The third-order valence-corrected chi connectivity index (χ3v) is 5.89. The van der Waals surface area contributed by atoms with Gasteiger partial charge in [0.2, 0.25) is 5.91 Å². The molecule has 1 amide bonds. The van der Waals surface area contributed by atoms with Crippen LogP contribution in [0.2, 0.25) is 0 Å². The van der Waals surface area contributed by atoms with Gasteiger partial charge in [-0.05, 0) is 32.1 Å². The summed E-state index contributed by atoms with van der Waals surface area (Å²) >= 11 is 0. The number of methoxy groups -OCH3 is 2. The highest BCUT2D eigenvalue weighted by molar-refractivity contribution is 6.27. The van der Waals surface area contributed by atoms with Gasteiger partial charge in [0.15, 0.2) is 0 Å². The van der Waals surface area contributed by atoms with Gasteiger partial charge in [0, 0.05) is 45.9 Å². The summed E-state index contributed by atoms with van der Waals surface area (Å²) < 4.78 is 10.8. The molecule has 3 rings (SSSR count). The summed E-state index contributed by atoms with van der Waals surface area (Å²) in [4.78, 5) is 35.4. The lowest BCUT2D eigenvalue weighted by Crippen LogP contribution is -2.57. The van der Waals surface area contributed by atoms with E-state index in [1.165, 1.54) is 19.3 Å². The van der Waals surface area contributed by atoms with Crippen molar-refractivity contribution in [2.45, 2.75) is 56.2 Å². The third-order valence-electron chi connectivity index (χ3n) is 5.89. The SMILES string of the molecule is COCCN1C2CCC1CN(C(=O)CC1(OC)CCC1)C2.O=C(O)C(=O)O. The number of fused-ring (bicyclic) bond motifs is 2. The zero-order valence-electron chi connectivity index (χ0n) is 16.1. The van der Waals surface area contributed by atoms with E-state index in [0.29, 0.717) is 24.4 Å². The van der Waals surface area contributed by atoms with Crippen molar-refractivity contribution >= 4 is 17.8 Å². The zero-order chi connectivity index (χ0) is 20.0. The number of hydrogen-bond donors (Lipinski definition) is 2. The number of rotatable bonds is 6. The van der Waals surface area contributed by atoms with E-state index >= 15 is 0 Å². The van der Waals surface area contributed by atoms with Crippen molar-refractivity contribution in [3.05, 3.63) is 0 Å². The Kier molecular flexibility index (Phi) is 7.58. The molecule has 2 heterocycles. The molecule has 9 heteroatoms. The van der Waals surface area contributed by atoms with Crippen molar-refractivity contribution in [2.75, 3.05) is 40.5 Å². The fraction of sp³-hybridized carbons (Fsp3) is 0.833. The van der Waals surface area contributed by atoms with Gasteiger partial charge in [-0.3, -0.25) is 9.69 Å². The van der Waals surface area contributed by atoms with E-state index in [9.17, 15) is 4.79 Å². The van der Waals surface area contributed by atoms with E-state index in [-0.39, 0.29) is 5.60 Å². The average molecular weight is 386 g/mol. The molecule has 154 valence electrons. The van der Waals surface area contributed by atoms with E-state index in [2.05, 4.69) is 9.80 Å². The van der Waals surface area contributed by atoms with Gasteiger partial charge >= 0.3 is 11.9 Å². The number of carboxylic acid groups (broad SMARTS) is 2. The fourth-order valence-electron chi connectivity index (χ4n) is 4.17. The third kappa shape index (κ3) is 5.40. The Morgan fingerprint density at radius 2 is 1.59 bits per heavy atom. The molecule has 1 aliphatic carbocycles. The molecule has 3 fully saturated rings. The van der Waals surface area contributed by atoms with Crippen LogP contribution in [-0.2, 0) is 23.9 Å². The highest BCUT2D eigenvalue weighted by Crippen LogP contribution is 2.39. The standard InChI is InChI=1S/C16H28N2O3.C2H2O4/c1-20-9-8-18-13-4-5-14(18)12-17(11-13)15(19)10-16(21-2)6-3-7-16;3-1(4)2(5)6/h13-14H,3-12H2,1-2H3;(H,3,4)(H,5,6). The zero-order valence-corrected chi connectivity index (χ0v) is 16.1. The highest BCUT2D eigenvalue weighted by atomic mass is 16.5. The van der Waals surface area contributed by atoms with E-state index in [1.54, 1.807) is 14.2 Å². The molecule has 1 saturated carbocycles. The predicted octanol–water partition coefficient (Wildman–Crippen LogP) is 0.423. The maximum atomic E-state index is 12.6. The molecule has 0 aromatic heterocycles. The Balaban J connectivity index is 0.000000380. The molecule has 27 heavy (non-hydrogen) atoms. The summed E-state index contributed by atoms with van der Waals surface area (Å²) in [6.45, 7) is 3.56. The largest absolute Gasteiger partial charge is 0.473 e. The van der Waals surface area contributed by atoms with Gasteiger partial charge in [0.1, 0.15) is 0 Å². The van der Waals surface area contributed by atoms with Crippen LogP contribution in [0.3, 0.4) is 0 Å². The van der Waals surface area contributed by atoms with Gasteiger partial charge in [0.05, 0.1) is 18.6 Å². The first-order chi connectivity index (χ1) is 12.8. The van der Waals surface area contributed by atoms with Crippen LogP contribution in [0, 0.1) is 0 Å². The minimum absolute atomic E-state index is 0.149. The molecule has 2 saturated heterocycles. The first-order valence-electron chi connectivity index (χ1n) is 9.35. The Morgan fingerprint density at radius 1 is 1.04 bits per heavy atom. The van der Waals surface area contributed by atoms with Gasteiger partial charge in [-0.25, -0.2) is 9.59 Å². The lowest BCUT2D eigenvalue weighted by Gasteiger charge is -2.44. The number of amides is 1. The Bertz CT molecular complexity index is 518. The molecule has 9 nitrogen and oxygen atoms in total. The van der Waals surface area contributed by atoms with Crippen LogP contribution in [0.1, 0.15) is 38.5 Å². The van der Waals surface area contributed by atoms with Crippen LogP contribution in [0.5, 0.6) is 0 Å². The number of nitrogens with zero attached hydrogens (tertiary/aromatic N) is 2. The summed E-state index contributed by atoms with van der Waals surface area (Å²) in [5.41, 5.74) is -0.149. The predicted molar refractivity (Wildman–Crippen MR) is 95.5 cm³/mol. The van der Waals surface area contributed by atoms with Gasteiger partial charge in [0.25, 0.3) is 0 Å². The van der Waals surface area contributed by atoms with Crippen LogP contribution in [-0.4, -0.2) is 96.0 Å². The van der Waals surface area contributed by atoms with Gasteiger partial charge in [-0.1, -0.05) is 0 Å². The summed E-state index contributed by atoms with van der Waals surface area (Å²) in [6.07, 6.45) is 6.27. The first kappa shape index (κ1) is 21.6. The van der Waals surface area contributed by atoms with Crippen molar-refractivity contribution in [1.29, 1.82) is 0 Å². The molecule has 0 radical (unpaired) electrons. The maximum Gasteiger partial charge on any atom is 0.414 e. The van der Waals surface area contributed by atoms with E-state index in [4.69, 9.17) is 29.3 Å². The second-order valence-corrected chi connectivity index (χ2v) is 7.44. The quantitative estimate of drug-likeness (QED) is 0.631. The molecule has 2 bridgehead atoms. The molecule has 0 spiro atoms. The number of likely N-dealkylation sites (tertiary alicyclic amines) is 1. The van der Waals surface area contributed by atoms with Crippen molar-refractivity contribution in [1.82, 2.24) is 9.80 Å². The maximum absolute atomic E-state index is 12.6. The smallest absolute Gasteiger partial charge is 0.414 e. The van der Waals surface area contributed by atoms with Crippen LogP contribution in [0.15, 0.2) is 0 Å². The molecule has 3 aliphatic rings. The molecule has 2 unspecified atom stereocenters. The normalized spacial score (nSPS) is 25.9. The Morgan fingerprint density at radius 3 is 1.96 bits per heavy atom. The lowest BCUT2D eigenvalue weighted by molar-refractivity contribution is -0.159. The number of piperazine rings is 1. The van der Waals surface area contributed by atoms with E-state index < -0.39 is 11.9 Å². The molecule has 2 N–H and O–H groups in total. The highest BCUT2D eigenvalue weighted by Gasteiger charge is 2.44. The van der Waals surface area contributed by atoms with Crippen molar-refractivity contribution < 1.29 is 34.1 Å². The lowest BCUT2D eigenvalue weighted by atomic mass is 9.77. The topological polar surface area (TPSA) is 117 Å². The molecular formula is C18H30N2O7. The van der Waals surface area contributed by atoms with Crippen molar-refractivity contribution in [3.63, 3.8) is 0 Å². The summed E-state index contributed by atoms with van der Waals surface area (Å²) in [5, 5.41) is 14.8. The number of carbonyl (C=O) groups is 3. The second kappa shape index (κ2) is 9.48. The van der Waals surface area contributed by atoms with Gasteiger partial charge in [-0.2, -0.15) is 0 Å². The number of hydrogen-bond acceptors (Lipinski definition) is 6. The number of carboxylic acids is 2. The van der Waals surface area contributed by atoms with Crippen molar-refractivity contribution in [3.8, 4) is 0 Å². The summed E-state index contributed by atoms with van der Waals surface area (Å²) in [6, 6.07) is 1.06. The molecule has 0 aromatic carbocycles. The van der Waals surface area contributed by atoms with Gasteiger partial charge < -0.3 is 24.6 Å². The number of ether oxygens (including phenoxy) is 2. The first-order valence-corrected chi connectivity index (χ1v) is 9.35. The monoisotopic (exact) mass is 386 g/mol. The molecular weight excluding hydrogens is 356 g/mol. The Hall–Kier alpha value is -1.71. The molecule has 2 atom stereocenters.